The number of anilines is 5. The molecule has 0 aromatic heterocycles. The van der Waals surface area contributed by atoms with E-state index in [1.807, 2.05) is 6.08 Å². The van der Waals surface area contributed by atoms with Crippen LogP contribution in [-0.4, -0.2) is 0 Å². The van der Waals surface area contributed by atoms with Crippen LogP contribution in [0.4, 0.5) is 28.4 Å². The smallest absolute Gasteiger partial charge is 0.0540 e. The summed E-state index contributed by atoms with van der Waals surface area (Å²) >= 11 is 0. The van der Waals surface area contributed by atoms with Crippen molar-refractivity contribution in [1.29, 1.82) is 0 Å². The normalized spacial score (nSPS) is 11.9. The number of hydrogen-bond donors (Lipinski definition) is 0. The zero-order chi connectivity index (χ0) is 32.0. The van der Waals surface area contributed by atoms with Crippen LogP contribution in [-0.2, 0) is 0 Å². The van der Waals surface area contributed by atoms with Gasteiger partial charge in [0.05, 0.1) is 11.4 Å². The molecule has 0 spiro atoms. The number of para-hydroxylation sites is 2. The van der Waals surface area contributed by atoms with Gasteiger partial charge in [0.15, 0.2) is 0 Å². The summed E-state index contributed by atoms with van der Waals surface area (Å²) in [4.78, 5) is 4.62. The van der Waals surface area contributed by atoms with E-state index in [9.17, 15) is 0 Å². The fourth-order valence-electron chi connectivity index (χ4n) is 6.23. The first-order valence-corrected chi connectivity index (χ1v) is 16.0. The SMILES string of the molecule is C=CC(=CC=C(C)c1ccc(N(c2ccccc2)c2cccc3ccccc23)cc1)N(c1ccccc1)c1cccc2ccccc12. The van der Waals surface area contributed by atoms with Crippen molar-refractivity contribution in [3.8, 4) is 0 Å². The molecule has 0 saturated heterocycles. The molecule has 0 aliphatic rings. The van der Waals surface area contributed by atoms with E-state index in [0.29, 0.717) is 0 Å². The first-order chi connectivity index (χ1) is 23.2. The number of rotatable bonds is 9. The Labute approximate surface area is 277 Å². The highest BCUT2D eigenvalue weighted by molar-refractivity contribution is 5.99. The minimum atomic E-state index is 0.995. The summed E-state index contributed by atoms with van der Waals surface area (Å²) in [5, 5.41) is 4.83. The highest BCUT2D eigenvalue weighted by Gasteiger charge is 2.16. The molecule has 7 aromatic rings. The number of nitrogens with zero attached hydrogens (tertiary/aromatic N) is 2. The minimum absolute atomic E-state index is 0.995. The molecule has 0 saturated carbocycles. The van der Waals surface area contributed by atoms with Gasteiger partial charge in [0.1, 0.15) is 0 Å². The van der Waals surface area contributed by atoms with Crippen LogP contribution in [0.2, 0.25) is 0 Å². The topological polar surface area (TPSA) is 6.48 Å². The van der Waals surface area contributed by atoms with Crippen molar-refractivity contribution >= 4 is 55.6 Å². The zero-order valence-corrected chi connectivity index (χ0v) is 26.5. The fourth-order valence-corrected chi connectivity index (χ4v) is 6.23. The molecule has 2 nitrogen and oxygen atoms in total. The summed E-state index contributed by atoms with van der Waals surface area (Å²) in [6.07, 6.45) is 6.29. The van der Waals surface area contributed by atoms with E-state index < -0.39 is 0 Å². The molecule has 0 radical (unpaired) electrons. The molecular weight excluding hydrogens is 569 g/mol. The molecule has 0 N–H and O–H groups in total. The van der Waals surface area contributed by atoms with E-state index in [0.717, 1.165) is 39.7 Å². The van der Waals surface area contributed by atoms with Gasteiger partial charge in [0.25, 0.3) is 0 Å². The maximum absolute atomic E-state index is 4.23. The molecule has 0 atom stereocenters. The third-order valence-corrected chi connectivity index (χ3v) is 8.60. The molecule has 0 bridgehead atoms. The molecule has 0 heterocycles. The van der Waals surface area contributed by atoms with Crippen LogP contribution < -0.4 is 9.80 Å². The van der Waals surface area contributed by atoms with Crippen LogP contribution in [0.3, 0.4) is 0 Å². The number of benzene rings is 7. The average molecular weight is 605 g/mol. The minimum Gasteiger partial charge on any atom is -0.310 e. The van der Waals surface area contributed by atoms with E-state index in [1.54, 1.807) is 0 Å². The van der Waals surface area contributed by atoms with Crippen LogP contribution in [0.25, 0.3) is 27.1 Å². The molecule has 7 rings (SSSR count). The van der Waals surface area contributed by atoms with Crippen molar-refractivity contribution in [2.45, 2.75) is 6.92 Å². The molecule has 47 heavy (non-hydrogen) atoms. The lowest BCUT2D eigenvalue weighted by Gasteiger charge is -2.27. The van der Waals surface area contributed by atoms with Gasteiger partial charge >= 0.3 is 0 Å². The summed E-state index contributed by atoms with van der Waals surface area (Å²) in [6.45, 7) is 6.39. The highest BCUT2D eigenvalue weighted by atomic mass is 15.2. The molecule has 0 amide bonds. The van der Waals surface area contributed by atoms with Gasteiger partial charge in [-0.25, -0.2) is 0 Å². The molecule has 2 heteroatoms. The summed E-state index contributed by atoms with van der Waals surface area (Å²) in [5.74, 6) is 0. The Morgan fingerprint density at radius 1 is 0.468 bits per heavy atom. The Balaban J connectivity index is 1.26. The van der Waals surface area contributed by atoms with Gasteiger partial charge in [-0.2, -0.15) is 0 Å². The summed E-state index contributed by atoms with van der Waals surface area (Å²) < 4.78 is 0. The lowest BCUT2D eigenvalue weighted by atomic mass is 10.0. The van der Waals surface area contributed by atoms with Crippen LogP contribution in [0.1, 0.15) is 12.5 Å². The number of hydrogen-bond acceptors (Lipinski definition) is 2. The molecule has 7 aromatic carbocycles. The summed E-state index contributed by atoms with van der Waals surface area (Å²) in [6, 6.07) is 60.0. The van der Waals surface area contributed by atoms with Gasteiger partial charge in [-0.05, 0) is 89.5 Å². The van der Waals surface area contributed by atoms with E-state index in [2.05, 4.69) is 205 Å². The second kappa shape index (κ2) is 13.5. The molecule has 0 unspecified atom stereocenters. The third-order valence-electron chi connectivity index (χ3n) is 8.60. The van der Waals surface area contributed by atoms with E-state index in [1.165, 1.54) is 27.1 Å². The Morgan fingerprint density at radius 2 is 0.957 bits per heavy atom. The molecule has 0 aliphatic carbocycles. The van der Waals surface area contributed by atoms with Crippen molar-refractivity contribution in [2.24, 2.45) is 0 Å². The molecule has 0 fully saturated rings. The van der Waals surface area contributed by atoms with Gasteiger partial charge in [-0.1, -0.05) is 134 Å². The van der Waals surface area contributed by atoms with Crippen LogP contribution >= 0.6 is 0 Å². The maximum Gasteiger partial charge on any atom is 0.0540 e. The molecule has 0 aliphatic heterocycles. The standard InChI is InChI=1S/C45H36N2/c1-3-38(46(39-20-6-4-7-21-39)44-26-14-18-36-16-10-12-24-42(36)44)31-28-34(2)35-29-32-41(33-30-35)47(40-22-8-5-9-23-40)45-27-15-19-37-17-11-13-25-43(37)45/h3-33H,1H2,2H3. The van der Waals surface area contributed by atoms with Gasteiger partial charge in [-0.3, -0.25) is 0 Å². The molecule has 226 valence electrons. The van der Waals surface area contributed by atoms with Crippen molar-refractivity contribution in [1.82, 2.24) is 0 Å². The Bertz CT molecular complexity index is 2200. The lowest BCUT2D eigenvalue weighted by molar-refractivity contribution is 1.22. The van der Waals surface area contributed by atoms with E-state index in [4.69, 9.17) is 0 Å². The monoisotopic (exact) mass is 604 g/mol. The molecular formula is C45H36N2. The van der Waals surface area contributed by atoms with Gasteiger partial charge in [0.2, 0.25) is 0 Å². The van der Waals surface area contributed by atoms with Crippen LogP contribution in [0.5, 0.6) is 0 Å². The second-order valence-electron chi connectivity index (χ2n) is 11.5. The Kier molecular flexibility index (Phi) is 8.48. The number of fused-ring (bicyclic) bond motifs is 2. The summed E-state index contributed by atoms with van der Waals surface area (Å²) in [7, 11) is 0. The van der Waals surface area contributed by atoms with Crippen molar-refractivity contribution in [3.05, 3.63) is 206 Å². The lowest BCUT2D eigenvalue weighted by Crippen LogP contribution is -2.15. The largest absolute Gasteiger partial charge is 0.310 e. The van der Waals surface area contributed by atoms with E-state index >= 15 is 0 Å². The Hall–Kier alpha value is -6.12. The van der Waals surface area contributed by atoms with E-state index in [-0.39, 0.29) is 0 Å². The van der Waals surface area contributed by atoms with Gasteiger partial charge in [-0.15, -0.1) is 0 Å². The average Bonchev–Trinajstić information content (AvgIpc) is 3.14. The van der Waals surface area contributed by atoms with Crippen molar-refractivity contribution in [2.75, 3.05) is 9.80 Å². The first-order valence-electron chi connectivity index (χ1n) is 16.0. The predicted octanol–water partition coefficient (Wildman–Crippen LogP) is 12.8. The predicted molar refractivity (Wildman–Crippen MR) is 203 cm³/mol. The quantitative estimate of drug-likeness (QED) is 0.151. The third kappa shape index (κ3) is 6.10. The first kappa shape index (κ1) is 29.6. The summed E-state index contributed by atoms with van der Waals surface area (Å²) in [5.41, 5.74) is 8.91. The van der Waals surface area contributed by atoms with Crippen LogP contribution in [0, 0.1) is 0 Å². The number of allylic oxidation sites excluding steroid dienone is 4. The highest BCUT2D eigenvalue weighted by Crippen LogP contribution is 2.39. The Morgan fingerprint density at radius 3 is 1.57 bits per heavy atom. The second-order valence-corrected chi connectivity index (χ2v) is 11.5. The van der Waals surface area contributed by atoms with Crippen LogP contribution in [0.15, 0.2) is 200 Å². The maximum atomic E-state index is 4.23. The van der Waals surface area contributed by atoms with Crippen molar-refractivity contribution < 1.29 is 0 Å². The fraction of sp³-hybridized carbons (Fsp3) is 0.0222. The van der Waals surface area contributed by atoms with Gasteiger partial charge < -0.3 is 9.80 Å². The zero-order valence-electron chi connectivity index (χ0n) is 26.5. The van der Waals surface area contributed by atoms with Gasteiger partial charge in [0, 0.05) is 33.5 Å². The van der Waals surface area contributed by atoms with Crippen molar-refractivity contribution in [3.63, 3.8) is 0 Å².